The molecule has 0 radical (unpaired) electrons. The maximum Gasteiger partial charge on any atom is 0.123 e. The van der Waals surface area contributed by atoms with E-state index in [0.717, 1.165) is 25.1 Å². The highest BCUT2D eigenvalue weighted by Crippen LogP contribution is 2.17. The predicted octanol–water partition coefficient (Wildman–Crippen LogP) is 2.68. The van der Waals surface area contributed by atoms with Crippen LogP contribution in [0, 0.1) is 5.82 Å². The first kappa shape index (κ1) is 12.8. The van der Waals surface area contributed by atoms with Gasteiger partial charge < -0.3 is 5.32 Å². The Morgan fingerprint density at radius 3 is 2.61 bits per heavy atom. The van der Waals surface area contributed by atoms with E-state index in [1.54, 1.807) is 12.1 Å². The minimum absolute atomic E-state index is 0.224. The molecule has 0 aliphatic carbocycles. The Kier molecular flexibility index (Phi) is 4.10. The summed E-state index contributed by atoms with van der Waals surface area (Å²) in [5.74, 6) is -0.224. The molecule has 0 unspecified atom stereocenters. The second-order valence-corrected chi connectivity index (χ2v) is 4.29. The second kappa shape index (κ2) is 5.78. The molecule has 4 heteroatoms. The van der Waals surface area contributed by atoms with Crippen molar-refractivity contribution in [2.24, 2.45) is 0 Å². The summed E-state index contributed by atoms with van der Waals surface area (Å²) in [6.07, 6.45) is 3.91. The molecule has 18 heavy (non-hydrogen) atoms. The van der Waals surface area contributed by atoms with Gasteiger partial charge >= 0.3 is 0 Å². The third-order valence-corrected chi connectivity index (χ3v) is 2.88. The van der Waals surface area contributed by atoms with Crippen LogP contribution in [0.2, 0.25) is 0 Å². The molecule has 1 heterocycles. The van der Waals surface area contributed by atoms with Crippen molar-refractivity contribution in [2.45, 2.75) is 26.3 Å². The molecule has 96 valence electrons. The fourth-order valence-electron chi connectivity index (χ4n) is 2.05. The average molecular weight is 247 g/mol. The van der Waals surface area contributed by atoms with E-state index in [0.29, 0.717) is 0 Å². The Labute approximate surface area is 107 Å². The lowest BCUT2D eigenvalue weighted by molar-refractivity contribution is 0.626. The molecule has 0 saturated heterocycles. The standard InChI is InChI=1S/C14H18FN3/c1-3-4-14-11(9-16-2)10-17-18(14)13-7-5-12(15)6-8-13/h5-8,10,16H,3-4,9H2,1-2H3. The Hall–Kier alpha value is -1.68. The molecule has 0 aliphatic heterocycles. The van der Waals surface area contributed by atoms with Crippen molar-refractivity contribution in [3.05, 3.63) is 47.5 Å². The minimum Gasteiger partial charge on any atom is -0.316 e. The van der Waals surface area contributed by atoms with Gasteiger partial charge in [0.1, 0.15) is 5.82 Å². The largest absolute Gasteiger partial charge is 0.316 e. The van der Waals surface area contributed by atoms with E-state index < -0.39 is 0 Å². The third-order valence-electron chi connectivity index (χ3n) is 2.88. The Bertz CT molecular complexity index is 502. The summed E-state index contributed by atoms with van der Waals surface area (Å²) in [6.45, 7) is 2.95. The number of halogens is 1. The zero-order valence-corrected chi connectivity index (χ0v) is 10.8. The van der Waals surface area contributed by atoms with Crippen LogP contribution in [0.1, 0.15) is 24.6 Å². The van der Waals surface area contributed by atoms with E-state index in [4.69, 9.17) is 0 Å². The van der Waals surface area contributed by atoms with Crippen molar-refractivity contribution in [1.82, 2.24) is 15.1 Å². The molecule has 0 fully saturated rings. The summed E-state index contributed by atoms with van der Waals surface area (Å²) in [6, 6.07) is 6.43. The van der Waals surface area contributed by atoms with Crippen LogP contribution in [0.4, 0.5) is 4.39 Å². The van der Waals surface area contributed by atoms with Crippen LogP contribution in [-0.4, -0.2) is 16.8 Å². The van der Waals surface area contributed by atoms with Gasteiger partial charge in [-0.1, -0.05) is 13.3 Å². The summed E-state index contributed by atoms with van der Waals surface area (Å²) in [5.41, 5.74) is 3.30. The quantitative estimate of drug-likeness (QED) is 0.880. The average Bonchev–Trinajstić information content (AvgIpc) is 2.75. The van der Waals surface area contributed by atoms with E-state index in [-0.39, 0.29) is 5.82 Å². The van der Waals surface area contributed by atoms with Gasteiger partial charge in [-0.05, 0) is 37.7 Å². The molecular weight excluding hydrogens is 229 g/mol. The Morgan fingerprint density at radius 1 is 1.28 bits per heavy atom. The van der Waals surface area contributed by atoms with E-state index in [2.05, 4.69) is 17.3 Å². The summed E-state index contributed by atoms with van der Waals surface area (Å²) >= 11 is 0. The van der Waals surface area contributed by atoms with Gasteiger partial charge in [0.05, 0.1) is 11.9 Å². The van der Waals surface area contributed by atoms with Crippen LogP contribution in [0.15, 0.2) is 30.5 Å². The van der Waals surface area contributed by atoms with Crippen LogP contribution in [0.25, 0.3) is 5.69 Å². The van der Waals surface area contributed by atoms with Gasteiger partial charge in [0.15, 0.2) is 0 Å². The normalized spacial score (nSPS) is 10.8. The molecule has 1 N–H and O–H groups in total. The van der Waals surface area contributed by atoms with Gasteiger partial charge in [-0.25, -0.2) is 9.07 Å². The Morgan fingerprint density at radius 2 is 2.00 bits per heavy atom. The number of aromatic nitrogens is 2. The van der Waals surface area contributed by atoms with Crippen LogP contribution in [0.5, 0.6) is 0 Å². The highest BCUT2D eigenvalue weighted by atomic mass is 19.1. The van der Waals surface area contributed by atoms with Gasteiger partial charge in [-0.3, -0.25) is 0 Å². The first-order valence-corrected chi connectivity index (χ1v) is 6.22. The van der Waals surface area contributed by atoms with Crippen molar-refractivity contribution in [3.8, 4) is 5.69 Å². The zero-order valence-electron chi connectivity index (χ0n) is 10.8. The van der Waals surface area contributed by atoms with Crippen LogP contribution < -0.4 is 5.32 Å². The van der Waals surface area contributed by atoms with Crippen LogP contribution >= 0.6 is 0 Å². The number of benzene rings is 1. The van der Waals surface area contributed by atoms with Crippen LogP contribution in [0.3, 0.4) is 0 Å². The molecule has 0 amide bonds. The molecule has 2 rings (SSSR count). The molecule has 2 aromatic rings. The minimum atomic E-state index is -0.224. The van der Waals surface area contributed by atoms with Gasteiger partial charge in [0.2, 0.25) is 0 Å². The predicted molar refractivity (Wildman–Crippen MR) is 70.3 cm³/mol. The van der Waals surface area contributed by atoms with Crippen molar-refractivity contribution >= 4 is 0 Å². The van der Waals surface area contributed by atoms with Crippen molar-refractivity contribution < 1.29 is 4.39 Å². The molecule has 0 bridgehead atoms. The smallest absolute Gasteiger partial charge is 0.123 e. The lowest BCUT2D eigenvalue weighted by Gasteiger charge is -2.08. The molecule has 1 aromatic carbocycles. The Balaban J connectivity index is 2.40. The highest BCUT2D eigenvalue weighted by molar-refractivity contribution is 5.35. The number of nitrogens with one attached hydrogen (secondary N) is 1. The van der Waals surface area contributed by atoms with Gasteiger partial charge in [0, 0.05) is 17.8 Å². The van der Waals surface area contributed by atoms with E-state index >= 15 is 0 Å². The summed E-state index contributed by atoms with van der Waals surface area (Å²) < 4.78 is 14.8. The maximum absolute atomic E-state index is 12.9. The zero-order chi connectivity index (χ0) is 13.0. The van der Waals surface area contributed by atoms with E-state index in [1.807, 2.05) is 17.9 Å². The molecule has 0 atom stereocenters. The van der Waals surface area contributed by atoms with Gasteiger partial charge in [-0.15, -0.1) is 0 Å². The summed E-state index contributed by atoms with van der Waals surface area (Å²) in [4.78, 5) is 0. The molecule has 0 spiro atoms. The van der Waals surface area contributed by atoms with E-state index in [9.17, 15) is 4.39 Å². The fourth-order valence-corrected chi connectivity index (χ4v) is 2.05. The highest BCUT2D eigenvalue weighted by Gasteiger charge is 2.10. The molecule has 1 aromatic heterocycles. The second-order valence-electron chi connectivity index (χ2n) is 4.29. The molecule has 0 aliphatic rings. The lowest BCUT2D eigenvalue weighted by Crippen LogP contribution is -2.09. The number of rotatable bonds is 5. The maximum atomic E-state index is 12.9. The third kappa shape index (κ3) is 2.59. The monoisotopic (exact) mass is 247 g/mol. The van der Waals surface area contributed by atoms with Crippen molar-refractivity contribution in [3.63, 3.8) is 0 Å². The van der Waals surface area contributed by atoms with Gasteiger partial charge in [0.25, 0.3) is 0 Å². The first-order valence-electron chi connectivity index (χ1n) is 6.22. The topological polar surface area (TPSA) is 29.9 Å². The van der Waals surface area contributed by atoms with Crippen molar-refractivity contribution in [2.75, 3.05) is 7.05 Å². The molecule has 0 saturated carbocycles. The molecule has 3 nitrogen and oxygen atoms in total. The lowest BCUT2D eigenvalue weighted by atomic mass is 10.1. The number of hydrogen-bond donors (Lipinski definition) is 1. The number of hydrogen-bond acceptors (Lipinski definition) is 2. The van der Waals surface area contributed by atoms with Gasteiger partial charge in [-0.2, -0.15) is 5.10 Å². The SMILES string of the molecule is CCCc1c(CNC)cnn1-c1ccc(F)cc1. The van der Waals surface area contributed by atoms with Crippen molar-refractivity contribution in [1.29, 1.82) is 0 Å². The first-order chi connectivity index (χ1) is 8.76. The summed E-state index contributed by atoms with van der Waals surface area (Å²) in [7, 11) is 1.92. The summed E-state index contributed by atoms with van der Waals surface area (Å²) in [5, 5.41) is 7.55. The number of nitrogens with zero attached hydrogens (tertiary/aromatic N) is 2. The molecular formula is C14H18FN3. The fraction of sp³-hybridized carbons (Fsp3) is 0.357. The van der Waals surface area contributed by atoms with E-state index in [1.165, 1.54) is 23.4 Å². The van der Waals surface area contributed by atoms with Crippen LogP contribution in [-0.2, 0) is 13.0 Å².